The molecule has 0 radical (unpaired) electrons. The molecule has 0 saturated carbocycles. The van der Waals surface area contributed by atoms with Crippen LogP contribution in [0.4, 0.5) is 0 Å². The minimum atomic E-state index is -1.04. The maximum Gasteiger partial charge on any atom is 0.0914 e. The fourth-order valence-electron chi connectivity index (χ4n) is 1.16. The molecule has 0 amide bonds. The Labute approximate surface area is 78.8 Å². The lowest BCUT2D eigenvalue weighted by Gasteiger charge is -2.26. The van der Waals surface area contributed by atoms with Gasteiger partial charge >= 0.3 is 0 Å². The van der Waals surface area contributed by atoms with E-state index in [0.29, 0.717) is 6.42 Å². The fraction of sp³-hybridized carbons (Fsp3) is 0.455. The molecule has 0 spiro atoms. The molecule has 2 nitrogen and oxygen atoms in total. The summed E-state index contributed by atoms with van der Waals surface area (Å²) >= 11 is 0. The summed E-state index contributed by atoms with van der Waals surface area (Å²) in [4.78, 5) is 0. The summed E-state index contributed by atoms with van der Waals surface area (Å²) < 4.78 is 0. The molecule has 0 heterocycles. The third-order valence-corrected chi connectivity index (χ3v) is 2.30. The lowest BCUT2D eigenvalue weighted by atomic mass is 9.92. The van der Waals surface area contributed by atoms with Crippen LogP contribution in [0.3, 0.4) is 0 Å². The zero-order valence-electron chi connectivity index (χ0n) is 8.07. The molecule has 0 bridgehead atoms. The monoisotopic (exact) mass is 180 g/mol. The molecular weight excluding hydrogens is 164 g/mol. The first kappa shape index (κ1) is 10.2. The zero-order chi connectivity index (χ0) is 9.90. The minimum Gasteiger partial charge on any atom is -0.390 e. The topological polar surface area (TPSA) is 40.5 Å². The average Bonchev–Trinajstić information content (AvgIpc) is 2.05. The van der Waals surface area contributed by atoms with Gasteiger partial charge in [0.2, 0.25) is 0 Å². The van der Waals surface area contributed by atoms with Crippen molar-refractivity contribution in [1.29, 1.82) is 0 Å². The van der Waals surface area contributed by atoms with Crippen LogP contribution >= 0.6 is 0 Å². The normalized spacial score (nSPS) is 17.8. The Morgan fingerprint density at radius 2 is 1.85 bits per heavy atom. The van der Waals surface area contributed by atoms with Gasteiger partial charge in [-0.1, -0.05) is 30.3 Å². The molecule has 0 aliphatic heterocycles. The Balaban J connectivity index is 2.69. The third-order valence-electron chi connectivity index (χ3n) is 2.30. The van der Waals surface area contributed by atoms with E-state index in [0.717, 1.165) is 5.56 Å². The summed E-state index contributed by atoms with van der Waals surface area (Å²) in [5.74, 6) is 0. The second-order valence-corrected chi connectivity index (χ2v) is 3.70. The number of hydrogen-bond acceptors (Lipinski definition) is 2. The predicted octanol–water partition coefficient (Wildman–Crippen LogP) is 1.36. The first-order valence-electron chi connectivity index (χ1n) is 4.47. The van der Waals surface area contributed by atoms with Crippen LogP contribution in [0.1, 0.15) is 19.4 Å². The van der Waals surface area contributed by atoms with Gasteiger partial charge in [0.05, 0.1) is 11.7 Å². The molecule has 0 saturated heterocycles. The van der Waals surface area contributed by atoms with Crippen LogP contribution in [0.5, 0.6) is 0 Å². The lowest BCUT2D eigenvalue weighted by molar-refractivity contribution is -0.0512. The van der Waals surface area contributed by atoms with Crippen molar-refractivity contribution in [2.45, 2.75) is 32.0 Å². The molecule has 2 atom stereocenters. The van der Waals surface area contributed by atoms with Gasteiger partial charge in [-0.2, -0.15) is 0 Å². The summed E-state index contributed by atoms with van der Waals surface area (Å²) in [6.45, 7) is 3.24. The van der Waals surface area contributed by atoms with Crippen molar-refractivity contribution in [2.24, 2.45) is 0 Å². The average molecular weight is 180 g/mol. The van der Waals surface area contributed by atoms with Crippen molar-refractivity contribution in [2.75, 3.05) is 0 Å². The highest BCUT2D eigenvalue weighted by atomic mass is 16.3. The quantitative estimate of drug-likeness (QED) is 0.737. The van der Waals surface area contributed by atoms with Crippen molar-refractivity contribution in [1.82, 2.24) is 0 Å². The summed E-state index contributed by atoms with van der Waals surface area (Å²) in [7, 11) is 0. The van der Waals surface area contributed by atoms with Crippen LogP contribution in [0, 0.1) is 0 Å². The van der Waals surface area contributed by atoms with Gasteiger partial charge in [0.15, 0.2) is 0 Å². The molecule has 0 unspecified atom stereocenters. The molecule has 13 heavy (non-hydrogen) atoms. The van der Waals surface area contributed by atoms with Gasteiger partial charge in [0.25, 0.3) is 0 Å². The fourth-order valence-corrected chi connectivity index (χ4v) is 1.16. The van der Waals surface area contributed by atoms with Gasteiger partial charge < -0.3 is 10.2 Å². The SMILES string of the molecule is C[C@H](O)[C@@](C)(O)Cc1ccccc1. The molecule has 0 aliphatic carbocycles. The number of aliphatic hydroxyl groups excluding tert-OH is 1. The summed E-state index contributed by atoms with van der Waals surface area (Å²) in [6.07, 6.45) is -0.237. The molecule has 1 rings (SSSR count). The zero-order valence-corrected chi connectivity index (χ0v) is 8.07. The first-order chi connectivity index (χ1) is 6.02. The van der Waals surface area contributed by atoms with Gasteiger partial charge in [-0.25, -0.2) is 0 Å². The van der Waals surface area contributed by atoms with Gasteiger partial charge in [-0.3, -0.25) is 0 Å². The number of rotatable bonds is 3. The molecule has 0 aliphatic rings. The van der Waals surface area contributed by atoms with E-state index in [1.807, 2.05) is 30.3 Å². The smallest absolute Gasteiger partial charge is 0.0914 e. The van der Waals surface area contributed by atoms with Crippen molar-refractivity contribution in [3.8, 4) is 0 Å². The first-order valence-corrected chi connectivity index (χ1v) is 4.47. The maximum atomic E-state index is 9.80. The van der Waals surface area contributed by atoms with E-state index < -0.39 is 11.7 Å². The Morgan fingerprint density at radius 3 is 2.31 bits per heavy atom. The van der Waals surface area contributed by atoms with Crippen molar-refractivity contribution >= 4 is 0 Å². The lowest BCUT2D eigenvalue weighted by Crippen LogP contribution is -2.39. The van der Waals surface area contributed by atoms with Crippen LogP contribution in [0.2, 0.25) is 0 Å². The highest BCUT2D eigenvalue weighted by molar-refractivity contribution is 5.17. The van der Waals surface area contributed by atoms with Crippen LogP contribution in [0.15, 0.2) is 30.3 Å². The van der Waals surface area contributed by atoms with E-state index in [9.17, 15) is 10.2 Å². The minimum absolute atomic E-state index is 0.478. The van der Waals surface area contributed by atoms with Crippen LogP contribution in [-0.2, 0) is 6.42 Å². The number of hydrogen-bond donors (Lipinski definition) is 2. The largest absolute Gasteiger partial charge is 0.390 e. The second-order valence-electron chi connectivity index (χ2n) is 3.70. The molecule has 2 heteroatoms. The van der Waals surface area contributed by atoms with E-state index in [2.05, 4.69) is 0 Å². The summed E-state index contributed by atoms with van der Waals surface area (Å²) in [5, 5.41) is 19.1. The Kier molecular flexibility index (Phi) is 3.07. The summed E-state index contributed by atoms with van der Waals surface area (Å²) in [5.41, 5.74) is -0.00477. The molecular formula is C11H16O2. The number of benzene rings is 1. The highest BCUT2D eigenvalue weighted by Crippen LogP contribution is 2.16. The Hall–Kier alpha value is -0.860. The van der Waals surface area contributed by atoms with Crippen LogP contribution in [0.25, 0.3) is 0 Å². The van der Waals surface area contributed by atoms with Crippen molar-refractivity contribution in [3.63, 3.8) is 0 Å². The predicted molar refractivity (Wildman–Crippen MR) is 52.5 cm³/mol. The van der Waals surface area contributed by atoms with E-state index in [-0.39, 0.29) is 0 Å². The van der Waals surface area contributed by atoms with Gasteiger partial charge in [-0.05, 0) is 19.4 Å². The molecule has 0 aromatic heterocycles. The van der Waals surface area contributed by atoms with E-state index in [4.69, 9.17) is 0 Å². The van der Waals surface area contributed by atoms with Crippen molar-refractivity contribution < 1.29 is 10.2 Å². The standard InChI is InChI=1S/C11H16O2/c1-9(12)11(2,13)8-10-6-4-3-5-7-10/h3-7,9,12-13H,8H2,1-2H3/t9-,11-/m0/s1. The molecule has 2 N–H and O–H groups in total. The van der Waals surface area contributed by atoms with Crippen molar-refractivity contribution in [3.05, 3.63) is 35.9 Å². The molecule has 1 aromatic rings. The molecule has 72 valence electrons. The van der Waals surface area contributed by atoms with Crippen LogP contribution in [-0.4, -0.2) is 21.9 Å². The maximum absolute atomic E-state index is 9.80. The van der Waals surface area contributed by atoms with Gasteiger partial charge in [0, 0.05) is 6.42 Å². The molecule has 1 aromatic carbocycles. The van der Waals surface area contributed by atoms with E-state index >= 15 is 0 Å². The Bertz CT molecular complexity index is 252. The summed E-state index contributed by atoms with van der Waals surface area (Å²) in [6, 6.07) is 9.66. The Morgan fingerprint density at radius 1 is 1.31 bits per heavy atom. The van der Waals surface area contributed by atoms with Crippen LogP contribution < -0.4 is 0 Å². The second kappa shape index (κ2) is 3.90. The van der Waals surface area contributed by atoms with Gasteiger partial charge in [-0.15, -0.1) is 0 Å². The van der Waals surface area contributed by atoms with E-state index in [1.54, 1.807) is 13.8 Å². The van der Waals surface area contributed by atoms with E-state index in [1.165, 1.54) is 0 Å². The highest BCUT2D eigenvalue weighted by Gasteiger charge is 2.26. The number of aliphatic hydroxyl groups is 2. The molecule has 0 fully saturated rings. The third kappa shape index (κ3) is 2.83. The van der Waals surface area contributed by atoms with Gasteiger partial charge in [0.1, 0.15) is 0 Å².